The molecule has 0 bridgehead atoms. The third-order valence-electron chi connectivity index (χ3n) is 5.69. The number of nitrogens with one attached hydrogen (secondary N) is 1. The number of methoxy groups -OCH3 is 2. The zero-order chi connectivity index (χ0) is 21.8. The number of carbonyl (C=O) groups is 1. The number of ether oxygens (including phenoxy) is 2. The van der Waals surface area contributed by atoms with Gasteiger partial charge in [0.1, 0.15) is 11.3 Å². The van der Waals surface area contributed by atoms with E-state index in [1.807, 2.05) is 0 Å². The maximum Gasteiger partial charge on any atom is 0.268 e. The molecular formula is C22H29N3O5. The minimum atomic E-state index is -0.588. The van der Waals surface area contributed by atoms with Crippen molar-refractivity contribution in [1.29, 1.82) is 0 Å². The van der Waals surface area contributed by atoms with Gasteiger partial charge in [0.25, 0.3) is 11.5 Å². The minimum absolute atomic E-state index is 0.178. The first-order chi connectivity index (χ1) is 14.5. The predicted molar refractivity (Wildman–Crippen MR) is 116 cm³/mol. The molecule has 8 nitrogen and oxygen atoms in total. The van der Waals surface area contributed by atoms with Crippen LogP contribution in [0.25, 0.3) is 10.9 Å². The van der Waals surface area contributed by atoms with E-state index in [0.717, 1.165) is 25.9 Å². The smallest absolute Gasteiger partial charge is 0.268 e. The van der Waals surface area contributed by atoms with Crippen LogP contribution in [0.3, 0.4) is 0 Å². The normalized spacial score (nSPS) is 16.6. The molecule has 162 valence electrons. The predicted octanol–water partition coefficient (Wildman–Crippen LogP) is 2.12. The van der Waals surface area contributed by atoms with Gasteiger partial charge in [-0.1, -0.05) is 13.0 Å². The van der Waals surface area contributed by atoms with Crippen molar-refractivity contribution in [3.63, 3.8) is 0 Å². The Morgan fingerprint density at radius 1 is 1.33 bits per heavy atom. The van der Waals surface area contributed by atoms with E-state index in [0.29, 0.717) is 28.9 Å². The van der Waals surface area contributed by atoms with Crippen molar-refractivity contribution in [1.82, 2.24) is 14.8 Å². The van der Waals surface area contributed by atoms with Crippen LogP contribution in [0, 0.1) is 0 Å². The molecule has 0 aliphatic carbocycles. The molecule has 8 heteroatoms. The van der Waals surface area contributed by atoms with Crippen LogP contribution in [0.2, 0.25) is 0 Å². The van der Waals surface area contributed by atoms with Gasteiger partial charge in [-0.2, -0.15) is 0 Å². The number of likely N-dealkylation sites (N-methyl/N-ethyl adjacent to an activating group) is 1. The fourth-order valence-corrected chi connectivity index (χ4v) is 4.12. The molecule has 1 aromatic carbocycles. The molecule has 1 unspecified atom stereocenters. The van der Waals surface area contributed by atoms with E-state index in [1.165, 1.54) is 18.8 Å². The minimum Gasteiger partial charge on any atom is -0.506 e. The lowest BCUT2D eigenvalue weighted by Gasteiger charge is -2.23. The maximum absolute atomic E-state index is 13.1. The molecule has 3 rings (SSSR count). The highest BCUT2D eigenvalue weighted by Crippen LogP contribution is 2.36. The second-order valence-corrected chi connectivity index (χ2v) is 7.29. The number of benzene rings is 1. The molecule has 1 fully saturated rings. The summed E-state index contributed by atoms with van der Waals surface area (Å²) >= 11 is 0. The van der Waals surface area contributed by atoms with Crippen LogP contribution < -0.4 is 20.3 Å². The summed E-state index contributed by atoms with van der Waals surface area (Å²) in [5.74, 6) is -0.151. The lowest BCUT2D eigenvalue weighted by molar-refractivity contribution is 0.0937. The van der Waals surface area contributed by atoms with E-state index in [4.69, 9.17) is 9.47 Å². The van der Waals surface area contributed by atoms with Crippen LogP contribution in [-0.2, 0) is 6.54 Å². The number of aromatic nitrogens is 1. The Kier molecular flexibility index (Phi) is 6.66. The molecule has 2 heterocycles. The standard InChI is InChI=1S/C22H29N3O5/c1-5-9-25-16-12-18(30-4)17(29-3)11-15(16)20(26)19(22(25)28)21(27)23-13-14-8-7-10-24(14)6-2/h5,11-12,14,26H,1,6-10,13H2,2-4H3,(H,23,27). The molecule has 2 N–H and O–H groups in total. The van der Waals surface area contributed by atoms with Crippen LogP contribution in [0.4, 0.5) is 0 Å². The summed E-state index contributed by atoms with van der Waals surface area (Å²) in [6.45, 7) is 8.31. The van der Waals surface area contributed by atoms with Gasteiger partial charge in [-0.3, -0.25) is 14.5 Å². The van der Waals surface area contributed by atoms with Gasteiger partial charge < -0.3 is 24.5 Å². The molecule has 1 aliphatic heterocycles. The molecule has 1 saturated heterocycles. The van der Waals surface area contributed by atoms with Crippen LogP contribution >= 0.6 is 0 Å². The largest absolute Gasteiger partial charge is 0.506 e. The average molecular weight is 415 g/mol. The number of rotatable bonds is 8. The summed E-state index contributed by atoms with van der Waals surface area (Å²) in [4.78, 5) is 28.3. The number of hydrogen-bond acceptors (Lipinski definition) is 6. The molecule has 0 saturated carbocycles. The number of hydrogen-bond donors (Lipinski definition) is 2. The van der Waals surface area contributed by atoms with Crippen LogP contribution in [0.5, 0.6) is 17.2 Å². The van der Waals surface area contributed by atoms with E-state index in [-0.39, 0.29) is 23.9 Å². The Morgan fingerprint density at radius 3 is 2.67 bits per heavy atom. The molecule has 1 atom stereocenters. The number of amides is 1. The summed E-state index contributed by atoms with van der Waals surface area (Å²) in [7, 11) is 2.97. The Labute approximate surface area is 175 Å². The quantitative estimate of drug-likeness (QED) is 0.642. The van der Waals surface area contributed by atoms with Gasteiger partial charge in [-0.25, -0.2) is 0 Å². The zero-order valence-corrected chi connectivity index (χ0v) is 17.7. The van der Waals surface area contributed by atoms with E-state index in [9.17, 15) is 14.7 Å². The number of allylic oxidation sites excluding steroid dienone is 1. The highest BCUT2D eigenvalue weighted by molar-refractivity contribution is 6.03. The molecule has 30 heavy (non-hydrogen) atoms. The van der Waals surface area contributed by atoms with Gasteiger partial charge in [-0.15, -0.1) is 6.58 Å². The van der Waals surface area contributed by atoms with Crippen molar-refractivity contribution in [2.24, 2.45) is 0 Å². The Balaban J connectivity index is 2.06. The number of fused-ring (bicyclic) bond motifs is 1. The summed E-state index contributed by atoms with van der Waals surface area (Å²) in [6, 6.07) is 3.41. The molecule has 1 aliphatic rings. The van der Waals surface area contributed by atoms with E-state index >= 15 is 0 Å². The SMILES string of the molecule is C=CCn1c(=O)c(C(=O)NCC2CCCN2CC)c(O)c2cc(OC)c(OC)cc21. The maximum atomic E-state index is 13.1. The van der Waals surface area contributed by atoms with Crippen molar-refractivity contribution < 1.29 is 19.4 Å². The Morgan fingerprint density at radius 2 is 2.03 bits per heavy atom. The third kappa shape index (κ3) is 3.87. The Hall–Kier alpha value is -3.00. The van der Waals surface area contributed by atoms with E-state index in [1.54, 1.807) is 18.2 Å². The van der Waals surface area contributed by atoms with Crippen molar-refractivity contribution in [3.8, 4) is 17.2 Å². The fraction of sp³-hybridized carbons (Fsp3) is 0.455. The molecule has 0 radical (unpaired) electrons. The molecule has 1 amide bonds. The summed E-state index contributed by atoms with van der Waals surface area (Å²) < 4.78 is 12.0. The summed E-state index contributed by atoms with van der Waals surface area (Å²) in [5, 5.41) is 14.0. The number of nitrogens with zero attached hydrogens (tertiary/aromatic N) is 2. The van der Waals surface area contributed by atoms with Crippen LogP contribution in [0.1, 0.15) is 30.1 Å². The monoisotopic (exact) mass is 415 g/mol. The molecular weight excluding hydrogens is 386 g/mol. The lowest BCUT2D eigenvalue weighted by Crippen LogP contribution is -2.41. The first-order valence-electron chi connectivity index (χ1n) is 10.1. The fourth-order valence-electron chi connectivity index (χ4n) is 4.12. The topological polar surface area (TPSA) is 93.0 Å². The van der Waals surface area contributed by atoms with Crippen LogP contribution in [0.15, 0.2) is 29.6 Å². The van der Waals surface area contributed by atoms with Gasteiger partial charge >= 0.3 is 0 Å². The van der Waals surface area contributed by atoms with Crippen molar-refractivity contribution in [2.45, 2.75) is 32.4 Å². The Bertz CT molecular complexity index is 1010. The first-order valence-corrected chi connectivity index (χ1v) is 10.1. The highest BCUT2D eigenvalue weighted by Gasteiger charge is 2.27. The third-order valence-corrected chi connectivity index (χ3v) is 5.69. The van der Waals surface area contributed by atoms with Crippen LogP contribution in [-0.4, -0.2) is 60.4 Å². The van der Waals surface area contributed by atoms with Gasteiger partial charge in [0.2, 0.25) is 0 Å². The van der Waals surface area contributed by atoms with Crippen molar-refractivity contribution in [2.75, 3.05) is 33.9 Å². The zero-order valence-electron chi connectivity index (χ0n) is 17.7. The number of carbonyl (C=O) groups excluding carboxylic acids is 1. The first kappa shape index (κ1) is 21.7. The molecule has 0 spiro atoms. The van der Waals surface area contributed by atoms with Gasteiger partial charge in [0.05, 0.1) is 19.7 Å². The average Bonchev–Trinajstić information content (AvgIpc) is 3.22. The number of aromatic hydroxyl groups is 1. The number of pyridine rings is 1. The van der Waals surface area contributed by atoms with Crippen molar-refractivity contribution in [3.05, 3.63) is 40.7 Å². The molecule has 1 aromatic heterocycles. The second-order valence-electron chi connectivity index (χ2n) is 7.29. The van der Waals surface area contributed by atoms with E-state index < -0.39 is 11.5 Å². The summed E-state index contributed by atoms with van der Waals surface area (Å²) in [5.41, 5.74) is -0.430. The van der Waals surface area contributed by atoms with Gasteiger partial charge in [0, 0.05) is 30.6 Å². The van der Waals surface area contributed by atoms with Crippen molar-refractivity contribution >= 4 is 16.8 Å². The van der Waals surface area contributed by atoms with Gasteiger partial charge in [-0.05, 0) is 32.0 Å². The number of likely N-dealkylation sites (tertiary alicyclic amines) is 1. The molecule has 2 aromatic rings. The highest BCUT2D eigenvalue weighted by atomic mass is 16.5. The summed E-state index contributed by atoms with van der Waals surface area (Å²) in [6.07, 6.45) is 3.65. The van der Waals surface area contributed by atoms with E-state index in [2.05, 4.69) is 23.7 Å². The second kappa shape index (κ2) is 9.21. The lowest BCUT2D eigenvalue weighted by atomic mass is 10.1. The van der Waals surface area contributed by atoms with Gasteiger partial charge in [0.15, 0.2) is 11.5 Å².